The highest BCUT2D eigenvalue weighted by molar-refractivity contribution is 8.01. The molecule has 0 aliphatic rings. The van der Waals surface area contributed by atoms with Crippen LogP contribution in [0.4, 0.5) is 0 Å². The van der Waals surface area contributed by atoms with E-state index < -0.39 is 9.84 Å². The molecular weight excluding hydrogens is 420 g/mol. The maximum atomic E-state index is 13.2. The van der Waals surface area contributed by atoms with E-state index in [0.717, 1.165) is 16.7 Å². The van der Waals surface area contributed by atoms with Crippen molar-refractivity contribution in [2.24, 2.45) is 5.73 Å². The Bertz CT molecular complexity index is 1140. The van der Waals surface area contributed by atoms with Crippen LogP contribution in [0, 0.1) is 12.3 Å². The van der Waals surface area contributed by atoms with Crippen LogP contribution in [0.15, 0.2) is 62.5 Å². The molecule has 3 rings (SSSR count). The first-order chi connectivity index (χ1) is 12.7. The van der Waals surface area contributed by atoms with E-state index in [1.54, 1.807) is 24.3 Å². The summed E-state index contributed by atoms with van der Waals surface area (Å²) in [5.41, 5.74) is 8.24. The largest absolute Gasteiger partial charge is 0.383 e. The molecule has 1 heterocycles. The maximum absolute atomic E-state index is 13.2. The molecule has 0 spiro atoms. The molecular formula is C19H17ClN2O2S3. The number of nitrogens with two attached hydrogens (primary N) is 1. The van der Waals surface area contributed by atoms with Crippen LogP contribution < -0.4 is 5.73 Å². The molecule has 0 unspecified atom stereocenters. The first kappa shape index (κ1) is 19.9. The fourth-order valence-corrected chi connectivity index (χ4v) is 6.86. The SMILES string of the molecule is CSc1sc(C(=N)N)cc1S(=O)(=O)c1cccc(-c2ccc(Cl)cc2C)c1. The lowest BCUT2D eigenvalue weighted by Crippen LogP contribution is -2.08. The molecule has 8 heteroatoms. The molecule has 0 aliphatic heterocycles. The van der Waals surface area contributed by atoms with Crippen LogP contribution in [0.3, 0.4) is 0 Å². The molecule has 4 nitrogen and oxygen atoms in total. The van der Waals surface area contributed by atoms with Crippen molar-refractivity contribution >= 4 is 50.4 Å². The van der Waals surface area contributed by atoms with Gasteiger partial charge in [0.2, 0.25) is 9.84 Å². The van der Waals surface area contributed by atoms with Gasteiger partial charge in [0, 0.05) is 5.02 Å². The summed E-state index contributed by atoms with van der Waals surface area (Å²) < 4.78 is 27.1. The fraction of sp³-hybridized carbons (Fsp3) is 0.105. The minimum absolute atomic E-state index is 0.137. The van der Waals surface area contributed by atoms with Crippen LogP contribution in [-0.4, -0.2) is 20.5 Å². The number of amidine groups is 1. The van der Waals surface area contributed by atoms with Crippen molar-refractivity contribution < 1.29 is 8.42 Å². The Kier molecular flexibility index (Phi) is 5.67. The fourth-order valence-electron chi connectivity index (χ4n) is 2.73. The van der Waals surface area contributed by atoms with Gasteiger partial charge in [-0.15, -0.1) is 23.1 Å². The van der Waals surface area contributed by atoms with Gasteiger partial charge in [0.05, 0.1) is 18.9 Å². The Balaban J connectivity index is 2.13. The lowest BCUT2D eigenvalue weighted by Gasteiger charge is -2.10. The van der Waals surface area contributed by atoms with Crippen molar-refractivity contribution in [2.45, 2.75) is 20.9 Å². The molecule has 0 atom stereocenters. The van der Waals surface area contributed by atoms with Crippen molar-refractivity contribution in [1.82, 2.24) is 0 Å². The number of rotatable bonds is 5. The number of hydrogen-bond acceptors (Lipinski definition) is 5. The average molecular weight is 437 g/mol. The third-order valence-corrected chi connectivity index (χ3v) is 8.62. The van der Waals surface area contributed by atoms with E-state index in [1.165, 1.54) is 29.2 Å². The summed E-state index contributed by atoms with van der Waals surface area (Å²) in [5, 5.41) is 8.23. The van der Waals surface area contributed by atoms with Gasteiger partial charge in [-0.1, -0.05) is 29.8 Å². The smallest absolute Gasteiger partial charge is 0.208 e. The topological polar surface area (TPSA) is 84.0 Å². The Hall–Kier alpha value is -1.80. The molecule has 140 valence electrons. The third kappa shape index (κ3) is 3.91. The molecule has 0 saturated heterocycles. The highest BCUT2D eigenvalue weighted by atomic mass is 35.5. The van der Waals surface area contributed by atoms with E-state index in [9.17, 15) is 8.42 Å². The Morgan fingerprint density at radius 2 is 1.93 bits per heavy atom. The Morgan fingerprint density at radius 3 is 2.56 bits per heavy atom. The minimum atomic E-state index is -3.73. The molecule has 0 radical (unpaired) electrons. The predicted octanol–water partition coefficient (Wildman–Crippen LogP) is 5.22. The van der Waals surface area contributed by atoms with Gasteiger partial charge < -0.3 is 5.73 Å². The monoisotopic (exact) mass is 436 g/mol. The number of aryl methyl sites for hydroxylation is 1. The van der Waals surface area contributed by atoms with Gasteiger partial charge >= 0.3 is 0 Å². The second-order valence-corrected chi connectivity index (χ2v) is 10.4. The zero-order chi connectivity index (χ0) is 19.8. The van der Waals surface area contributed by atoms with Crippen LogP contribution in [0.2, 0.25) is 5.02 Å². The van der Waals surface area contributed by atoms with E-state index in [0.29, 0.717) is 14.1 Å². The van der Waals surface area contributed by atoms with E-state index in [-0.39, 0.29) is 15.6 Å². The molecule has 0 amide bonds. The molecule has 3 aromatic rings. The van der Waals surface area contributed by atoms with Gasteiger partial charge in [-0.05, 0) is 60.2 Å². The van der Waals surface area contributed by atoms with Gasteiger partial charge in [-0.2, -0.15) is 0 Å². The molecule has 0 aliphatic carbocycles. The second kappa shape index (κ2) is 7.67. The van der Waals surface area contributed by atoms with E-state index >= 15 is 0 Å². The van der Waals surface area contributed by atoms with E-state index in [1.807, 2.05) is 31.4 Å². The van der Waals surface area contributed by atoms with Crippen molar-refractivity contribution in [1.29, 1.82) is 5.41 Å². The molecule has 3 N–H and O–H groups in total. The van der Waals surface area contributed by atoms with Crippen LogP contribution in [0.5, 0.6) is 0 Å². The quantitative estimate of drug-likeness (QED) is 0.326. The lowest BCUT2D eigenvalue weighted by molar-refractivity contribution is 0.595. The summed E-state index contributed by atoms with van der Waals surface area (Å²) >= 11 is 8.57. The predicted molar refractivity (Wildman–Crippen MR) is 114 cm³/mol. The number of halogens is 1. The van der Waals surface area contributed by atoms with E-state index in [4.69, 9.17) is 22.7 Å². The van der Waals surface area contributed by atoms with Gasteiger partial charge in [0.1, 0.15) is 5.84 Å². The van der Waals surface area contributed by atoms with Crippen LogP contribution in [0.1, 0.15) is 10.4 Å². The number of sulfone groups is 1. The van der Waals surface area contributed by atoms with Crippen LogP contribution in [0.25, 0.3) is 11.1 Å². The normalized spacial score (nSPS) is 11.5. The third-order valence-electron chi connectivity index (χ3n) is 4.05. The summed E-state index contributed by atoms with van der Waals surface area (Å²) in [6.07, 6.45) is 1.81. The zero-order valence-corrected chi connectivity index (χ0v) is 17.8. The van der Waals surface area contributed by atoms with Gasteiger partial charge in [0.15, 0.2) is 0 Å². The average Bonchev–Trinajstić information content (AvgIpc) is 3.07. The summed E-state index contributed by atoms with van der Waals surface area (Å²) in [6.45, 7) is 1.94. The highest BCUT2D eigenvalue weighted by Crippen LogP contribution is 2.37. The number of thiophene rings is 1. The summed E-state index contributed by atoms with van der Waals surface area (Å²) in [7, 11) is -3.73. The molecule has 1 aromatic heterocycles. The molecule has 2 aromatic carbocycles. The zero-order valence-electron chi connectivity index (χ0n) is 14.6. The standard InChI is InChI=1S/C19H17ClN2O2S3/c1-11-8-13(20)6-7-15(11)12-4-3-5-14(9-12)27(23,24)17-10-16(18(21)22)26-19(17)25-2/h3-10H,1-2H3,(H3,21,22). The number of nitrogen functional groups attached to an aromatic ring is 1. The van der Waals surface area contributed by atoms with Crippen LogP contribution in [-0.2, 0) is 9.84 Å². The van der Waals surface area contributed by atoms with Crippen molar-refractivity contribution in [2.75, 3.05) is 6.26 Å². The minimum Gasteiger partial charge on any atom is -0.383 e. The summed E-state index contributed by atoms with van der Waals surface area (Å²) in [5.74, 6) is -0.137. The number of benzene rings is 2. The highest BCUT2D eigenvalue weighted by Gasteiger charge is 2.25. The second-order valence-electron chi connectivity index (χ2n) is 5.87. The molecule has 0 fully saturated rings. The van der Waals surface area contributed by atoms with Crippen molar-refractivity contribution in [3.63, 3.8) is 0 Å². The first-order valence-corrected chi connectivity index (χ1v) is 11.8. The molecule has 0 bridgehead atoms. The number of nitrogens with one attached hydrogen (secondary N) is 1. The maximum Gasteiger partial charge on any atom is 0.208 e. The van der Waals surface area contributed by atoms with E-state index in [2.05, 4.69) is 0 Å². The number of hydrogen-bond donors (Lipinski definition) is 2. The number of thioether (sulfide) groups is 1. The first-order valence-electron chi connectivity index (χ1n) is 7.88. The van der Waals surface area contributed by atoms with Crippen molar-refractivity contribution in [3.8, 4) is 11.1 Å². The van der Waals surface area contributed by atoms with Gasteiger partial charge in [-0.3, -0.25) is 5.41 Å². The summed E-state index contributed by atoms with van der Waals surface area (Å²) in [6, 6.07) is 13.9. The van der Waals surface area contributed by atoms with Crippen LogP contribution >= 0.6 is 34.7 Å². The Labute approximate surface area is 171 Å². The van der Waals surface area contributed by atoms with Crippen molar-refractivity contribution in [3.05, 3.63) is 64.0 Å². The Morgan fingerprint density at radius 1 is 1.19 bits per heavy atom. The summed E-state index contributed by atoms with van der Waals surface area (Å²) in [4.78, 5) is 0.843. The van der Waals surface area contributed by atoms with Gasteiger partial charge in [-0.25, -0.2) is 8.42 Å². The molecule has 27 heavy (non-hydrogen) atoms. The van der Waals surface area contributed by atoms with Gasteiger partial charge in [0.25, 0.3) is 0 Å². The lowest BCUT2D eigenvalue weighted by atomic mass is 10.0. The molecule has 0 saturated carbocycles.